The lowest BCUT2D eigenvalue weighted by Crippen LogP contribution is -2.16. The Morgan fingerprint density at radius 3 is 2.48 bits per heavy atom. The summed E-state index contributed by atoms with van der Waals surface area (Å²) in [6.45, 7) is 5.20. The maximum atomic E-state index is 12.7. The van der Waals surface area contributed by atoms with Gasteiger partial charge >= 0.3 is 0 Å². The number of hydrogen-bond acceptors (Lipinski definition) is 5. The Bertz CT molecular complexity index is 1120. The number of aromatic nitrogens is 1. The molecule has 0 atom stereocenters. The number of amides is 1. The van der Waals surface area contributed by atoms with Gasteiger partial charge in [0.15, 0.2) is 0 Å². The lowest BCUT2D eigenvalue weighted by molar-refractivity contribution is 0.103. The maximum absolute atomic E-state index is 12.7. The largest absolute Gasteiger partial charge is 0.321 e. The quantitative estimate of drug-likeness (QED) is 0.584. The Morgan fingerprint density at radius 2 is 1.83 bits per heavy atom. The predicted octanol–water partition coefficient (Wildman–Crippen LogP) is 4.36. The lowest BCUT2D eigenvalue weighted by atomic mass is 10.2. The molecule has 0 fully saturated rings. The van der Waals surface area contributed by atoms with Gasteiger partial charge in [0.1, 0.15) is 4.88 Å². The van der Waals surface area contributed by atoms with E-state index < -0.39 is 10.0 Å². The van der Waals surface area contributed by atoms with Gasteiger partial charge in [0, 0.05) is 12.1 Å². The fourth-order valence-electron chi connectivity index (χ4n) is 2.79. The number of nitrogens with one attached hydrogen (secondary N) is 2. The number of carbonyl (C=O) groups is 1. The average Bonchev–Trinajstić information content (AvgIpc) is 3.05. The van der Waals surface area contributed by atoms with Crippen LogP contribution < -0.4 is 10.0 Å². The number of sulfonamides is 1. The second-order valence-corrected chi connectivity index (χ2v) is 9.77. The van der Waals surface area contributed by atoms with Crippen molar-refractivity contribution in [1.29, 1.82) is 0 Å². The molecule has 0 spiro atoms. The van der Waals surface area contributed by atoms with Crippen molar-refractivity contribution in [2.75, 3.05) is 15.8 Å². The molecule has 8 heteroatoms. The molecule has 0 aliphatic carbocycles. The Labute approximate surface area is 175 Å². The van der Waals surface area contributed by atoms with Gasteiger partial charge < -0.3 is 5.32 Å². The minimum absolute atomic E-state index is 0.000890. The molecule has 1 heterocycles. The highest BCUT2D eigenvalue weighted by molar-refractivity contribution is 7.92. The van der Waals surface area contributed by atoms with Crippen molar-refractivity contribution < 1.29 is 13.2 Å². The summed E-state index contributed by atoms with van der Waals surface area (Å²) in [5.41, 5.74) is 3.68. The van der Waals surface area contributed by atoms with E-state index in [9.17, 15) is 13.2 Å². The normalized spacial score (nSPS) is 11.3. The number of aryl methyl sites for hydroxylation is 2. The molecule has 0 radical (unpaired) electrons. The first-order valence-electron chi connectivity index (χ1n) is 9.20. The molecule has 0 aliphatic rings. The summed E-state index contributed by atoms with van der Waals surface area (Å²) in [7, 11) is -3.35. The van der Waals surface area contributed by atoms with Crippen LogP contribution in [0.5, 0.6) is 0 Å². The smallest absolute Gasteiger partial charge is 0.267 e. The van der Waals surface area contributed by atoms with Crippen molar-refractivity contribution in [1.82, 2.24) is 4.98 Å². The van der Waals surface area contributed by atoms with Crippen LogP contribution in [0.25, 0.3) is 0 Å². The first-order chi connectivity index (χ1) is 13.8. The fraction of sp³-hybridized carbons (Fsp3) is 0.238. The molecule has 1 amide bonds. The molecular formula is C21H23N3O3S2. The van der Waals surface area contributed by atoms with Crippen LogP contribution in [0.2, 0.25) is 0 Å². The van der Waals surface area contributed by atoms with Crippen molar-refractivity contribution in [3.8, 4) is 0 Å². The molecule has 0 aliphatic heterocycles. The van der Waals surface area contributed by atoms with Gasteiger partial charge in [-0.15, -0.1) is 11.3 Å². The van der Waals surface area contributed by atoms with E-state index in [0.717, 1.165) is 16.1 Å². The monoisotopic (exact) mass is 429 g/mol. The van der Waals surface area contributed by atoms with E-state index in [0.29, 0.717) is 28.4 Å². The van der Waals surface area contributed by atoms with Crippen LogP contribution in [0.15, 0.2) is 48.5 Å². The molecule has 0 saturated carbocycles. The maximum Gasteiger partial charge on any atom is 0.267 e. The van der Waals surface area contributed by atoms with Gasteiger partial charge in [-0.1, -0.05) is 30.3 Å². The van der Waals surface area contributed by atoms with Crippen LogP contribution >= 0.6 is 11.3 Å². The lowest BCUT2D eigenvalue weighted by Gasteiger charge is -2.11. The van der Waals surface area contributed by atoms with Gasteiger partial charge in [-0.25, -0.2) is 13.4 Å². The topological polar surface area (TPSA) is 88.2 Å². The van der Waals surface area contributed by atoms with Crippen molar-refractivity contribution >= 4 is 38.6 Å². The second kappa shape index (κ2) is 8.75. The number of anilines is 2. The van der Waals surface area contributed by atoms with Crippen LogP contribution in [-0.4, -0.2) is 25.1 Å². The Balaban J connectivity index is 1.73. The number of benzene rings is 2. The highest BCUT2D eigenvalue weighted by Crippen LogP contribution is 2.24. The number of nitrogens with zero attached hydrogens (tertiary/aromatic N) is 1. The Kier molecular flexibility index (Phi) is 6.34. The third-order valence-corrected chi connectivity index (χ3v) is 6.82. The highest BCUT2D eigenvalue weighted by atomic mass is 32.2. The molecular weight excluding hydrogens is 406 g/mol. The van der Waals surface area contributed by atoms with Gasteiger partial charge in [-0.3, -0.25) is 9.52 Å². The summed E-state index contributed by atoms with van der Waals surface area (Å²) in [6, 6.07) is 15.1. The van der Waals surface area contributed by atoms with Crippen LogP contribution in [0.4, 0.5) is 11.4 Å². The van der Waals surface area contributed by atoms with E-state index in [1.54, 1.807) is 32.0 Å². The van der Waals surface area contributed by atoms with E-state index in [2.05, 4.69) is 15.0 Å². The molecule has 1 aromatic heterocycles. The number of carbonyl (C=O) groups excluding carboxylic acids is 1. The van der Waals surface area contributed by atoms with Crippen LogP contribution in [0.1, 0.15) is 38.4 Å². The standard InChI is InChI=1S/C21H23N3O3S2/c1-4-29(26,27)24-18-11-10-17(12-14(18)2)23-21(25)20-15(3)22-19(28-20)13-16-8-6-5-7-9-16/h5-12,24H,4,13H2,1-3H3,(H,23,25). The van der Waals surface area contributed by atoms with Gasteiger partial charge in [0.05, 0.1) is 22.1 Å². The Hall–Kier alpha value is -2.71. The molecule has 2 aromatic carbocycles. The van der Waals surface area contributed by atoms with Gasteiger partial charge in [-0.2, -0.15) is 0 Å². The second-order valence-electron chi connectivity index (χ2n) is 6.67. The van der Waals surface area contributed by atoms with Crippen LogP contribution in [-0.2, 0) is 16.4 Å². The molecule has 0 unspecified atom stereocenters. The average molecular weight is 430 g/mol. The van der Waals surface area contributed by atoms with Gasteiger partial charge in [-0.05, 0) is 50.1 Å². The van der Waals surface area contributed by atoms with E-state index in [4.69, 9.17) is 0 Å². The van der Waals surface area contributed by atoms with Crippen LogP contribution in [0, 0.1) is 13.8 Å². The SMILES string of the molecule is CCS(=O)(=O)Nc1ccc(NC(=O)c2sc(Cc3ccccc3)nc2C)cc1C. The predicted molar refractivity (Wildman–Crippen MR) is 118 cm³/mol. The van der Waals surface area contributed by atoms with Gasteiger partial charge in [0.2, 0.25) is 10.0 Å². The zero-order valence-electron chi connectivity index (χ0n) is 16.5. The third kappa shape index (κ3) is 5.42. The Morgan fingerprint density at radius 1 is 1.10 bits per heavy atom. The molecule has 29 heavy (non-hydrogen) atoms. The summed E-state index contributed by atoms with van der Waals surface area (Å²) in [6.07, 6.45) is 0.686. The van der Waals surface area contributed by atoms with Crippen molar-refractivity contribution in [2.24, 2.45) is 0 Å². The summed E-state index contributed by atoms with van der Waals surface area (Å²) < 4.78 is 26.0. The number of thiazole rings is 1. The first-order valence-corrected chi connectivity index (χ1v) is 11.7. The minimum atomic E-state index is -3.35. The van der Waals surface area contributed by atoms with Crippen molar-refractivity contribution in [2.45, 2.75) is 27.2 Å². The van der Waals surface area contributed by atoms with Gasteiger partial charge in [0.25, 0.3) is 5.91 Å². The zero-order valence-corrected chi connectivity index (χ0v) is 18.2. The highest BCUT2D eigenvalue weighted by Gasteiger charge is 2.16. The molecule has 3 aromatic rings. The summed E-state index contributed by atoms with van der Waals surface area (Å²) in [4.78, 5) is 17.8. The minimum Gasteiger partial charge on any atom is -0.321 e. The molecule has 6 nitrogen and oxygen atoms in total. The summed E-state index contributed by atoms with van der Waals surface area (Å²) in [5.74, 6) is -0.221. The molecule has 3 rings (SSSR count). The number of rotatable bonds is 7. The zero-order chi connectivity index (χ0) is 21.0. The van der Waals surface area contributed by atoms with Crippen molar-refractivity contribution in [3.05, 3.63) is 75.2 Å². The fourth-order valence-corrected chi connectivity index (χ4v) is 4.50. The number of hydrogen-bond donors (Lipinski definition) is 2. The van der Waals surface area contributed by atoms with E-state index in [1.165, 1.54) is 11.3 Å². The summed E-state index contributed by atoms with van der Waals surface area (Å²) >= 11 is 1.39. The van der Waals surface area contributed by atoms with E-state index >= 15 is 0 Å². The molecule has 152 valence electrons. The first kappa shape index (κ1) is 21.0. The summed E-state index contributed by atoms with van der Waals surface area (Å²) in [5, 5.41) is 3.76. The van der Waals surface area contributed by atoms with Crippen LogP contribution in [0.3, 0.4) is 0 Å². The van der Waals surface area contributed by atoms with Crippen molar-refractivity contribution in [3.63, 3.8) is 0 Å². The molecule has 0 saturated heterocycles. The van der Waals surface area contributed by atoms with E-state index in [-0.39, 0.29) is 11.7 Å². The van der Waals surface area contributed by atoms with E-state index in [1.807, 2.05) is 37.3 Å². The molecule has 0 bridgehead atoms. The molecule has 2 N–H and O–H groups in total. The third-order valence-electron chi connectivity index (χ3n) is 4.38.